The Balaban J connectivity index is 1.58. The average molecular weight is 410 g/mol. The van der Waals surface area contributed by atoms with Gasteiger partial charge in [0.05, 0.1) is 12.7 Å². The van der Waals surface area contributed by atoms with Crippen LogP contribution in [0.4, 0.5) is 11.4 Å². The molecule has 2 aromatic carbocycles. The van der Waals surface area contributed by atoms with E-state index >= 15 is 0 Å². The first-order chi connectivity index (χ1) is 14.5. The summed E-state index contributed by atoms with van der Waals surface area (Å²) in [4.78, 5) is 47.8. The van der Waals surface area contributed by atoms with E-state index in [1.807, 2.05) is 6.07 Å². The van der Waals surface area contributed by atoms with Crippen LogP contribution in [-0.4, -0.2) is 44.0 Å². The van der Waals surface area contributed by atoms with Gasteiger partial charge in [-0.1, -0.05) is 18.2 Å². The summed E-state index contributed by atoms with van der Waals surface area (Å²) < 4.78 is 14.8. The molecular formula is C21H18N2O7. The summed E-state index contributed by atoms with van der Waals surface area (Å²) in [5, 5.41) is 5.36. The Hall–Kier alpha value is -4.14. The van der Waals surface area contributed by atoms with E-state index in [2.05, 4.69) is 15.4 Å². The fourth-order valence-corrected chi connectivity index (χ4v) is 2.57. The number of benzene rings is 2. The van der Waals surface area contributed by atoms with Gasteiger partial charge in [0.1, 0.15) is 0 Å². The molecule has 0 spiro atoms. The number of carbonyl (C=O) groups excluding carboxylic acids is 4. The van der Waals surface area contributed by atoms with E-state index in [0.717, 1.165) is 0 Å². The molecule has 0 unspecified atom stereocenters. The van der Waals surface area contributed by atoms with Crippen molar-refractivity contribution in [3.63, 3.8) is 0 Å². The number of ketones is 1. The highest BCUT2D eigenvalue weighted by atomic mass is 16.5. The summed E-state index contributed by atoms with van der Waals surface area (Å²) in [6.45, 7) is -0.897. The van der Waals surface area contributed by atoms with Gasteiger partial charge in [-0.05, 0) is 36.4 Å². The lowest BCUT2D eigenvalue weighted by atomic mass is 10.2. The smallest absolute Gasteiger partial charge is 0.347 e. The minimum Gasteiger partial charge on any atom is -0.470 e. The molecule has 0 saturated carbocycles. The third-order valence-electron chi connectivity index (χ3n) is 4.01. The van der Waals surface area contributed by atoms with E-state index < -0.39 is 30.2 Å². The van der Waals surface area contributed by atoms with Crippen LogP contribution in [0.25, 0.3) is 0 Å². The van der Waals surface area contributed by atoms with Crippen LogP contribution >= 0.6 is 0 Å². The van der Waals surface area contributed by atoms with Gasteiger partial charge in [0.15, 0.2) is 18.8 Å². The van der Waals surface area contributed by atoms with Crippen molar-refractivity contribution in [2.45, 2.75) is 0 Å². The molecule has 9 nitrogen and oxygen atoms in total. The van der Waals surface area contributed by atoms with E-state index in [1.54, 1.807) is 24.3 Å². The summed E-state index contributed by atoms with van der Waals surface area (Å²) in [5.41, 5.74) is 1.07. The standard InChI is InChI=1S/C21H18N2O7/c1-28-20(26)13-7-9-15(10-8-13)22-17(25)12-30-21(27)18-16(24)11-29-19(18)23-14-5-3-2-4-6-14/h2-10,23H,11-12H2,1H3,(H,22,25). The number of rotatable bonds is 7. The first-order valence-corrected chi connectivity index (χ1v) is 8.85. The van der Waals surface area contributed by atoms with Crippen molar-refractivity contribution in [2.24, 2.45) is 0 Å². The highest BCUT2D eigenvalue weighted by Crippen LogP contribution is 2.20. The first-order valence-electron chi connectivity index (χ1n) is 8.85. The number of anilines is 2. The van der Waals surface area contributed by atoms with Crippen molar-refractivity contribution in [3.05, 3.63) is 71.6 Å². The molecule has 0 fully saturated rings. The third kappa shape index (κ3) is 5.02. The Morgan fingerprint density at radius 3 is 2.33 bits per heavy atom. The lowest BCUT2D eigenvalue weighted by Crippen LogP contribution is -2.24. The largest absolute Gasteiger partial charge is 0.470 e. The number of Topliss-reactive ketones (excluding diaryl/α,β-unsaturated/α-hetero) is 1. The van der Waals surface area contributed by atoms with Crippen LogP contribution in [0, 0.1) is 0 Å². The fourth-order valence-electron chi connectivity index (χ4n) is 2.57. The molecule has 30 heavy (non-hydrogen) atoms. The summed E-state index contributed by atoms with van der Waals surface area (Å²) in [6.07, 6.45) is 0. The number of nitrogens with one attached hydrogen (secondary N) is 2. The normalized spacial score (nSPS) is 12.8. The molecule has 1 aliphatic rings. The lowest BCUT2D eigenvalue weighted by molar-refractivity contribution is -0.144. The molecule has 0 atom stereocenters. The number of methoxy groups -OCH3 is 1. The number of hydrogen-bond donors (Lipinski definition) is 2. The Bertz CT molecular complexity index is 998. The van der Waals surface area contributed by atoms with Crippen LogP contribution in [0.5, 0.6) is 0 Å². The van der Waals surface area contributed by atoms with E-state index in [9.17, 15) is 19.2 Å². The maximum Gasteiger partial charge on any atom is 0.347 e. The van der Waals surface area contributed by atoms with Gasteiger partial charge in [0.2, 0.25) is 11.7 Å². The third-order valence-corrected chi connectivity index (χ3v) is 4.01. The summed E-state index contributed by atoms with van der Waals surface area (Å²) >= 11 is 0. The van der Waals surface area contributed by atoms with Crippen LogP contribution in [0.3, 0.4) is 0 Å². The summed E-state index contributed by atoms with van der Waals surface area (Å²) in [6, 6.07) is 14.8. The SMILES string of the molecule is COC(=O)c1ccc(NC(=O)COC(=O)C2=C(Nc3ccccc3)OCC2=O)cc1. The van der Waals surface area contributed by atoms with Crippen molar-refractivity contribution < 1.29 is 33.4 Å². The highest BCUT2D eigenvalue weighted by molar-refractivity contribution is 6.20. The summed E-state index contributed by atoms with van der Waals surface area (Å²) in [7, 11) is 1.27. The van der Waals surface area contributed by atoms with Gasteiger partial charge in [-0.3, -0.25) is 9.59 Å². The molecule has 9 heteroatoms. The molecule has 2 N–H and O–H groups in total. The van der Waals surface area contributed by atoms with Crippen LogP contribution in [0.15, 0.2) is 66.1 Å². The summed E-state index contributed by atoms with van der Waals surface area (Å²) in [5.74, 6) is -2.64. The molecule has 0 aromatic heterocycles. The monoisotopic (exact) mass is 410 g/mol. The minimum atomic E-state index is -0.966. The van der Waals surface area contributed by atoms with E-state index in [0.29, 0.717) is 16.9 Å². The second-order valence-corrected chi connectivity index (χ2v) is 6.10. The number of para-hydroxylation sites is 1. The number of esters is 2. The molecule has 2 aromatic rings. The molecule has 154 valence electrons. The second kappa shape index (κ2) is 9.37. The van der Waals surface area contributed by atoms with Crippen molar-refractivity contribution >= 4 is 35.0 Å². The molecule has 1 aliphatic heterocycles. The molecule has 3 rings (SSSR count). The molecule has 1 heterocycles. The zero-order valence-corrected chi connectivity index (χ0v) is 16.0. The topological polar surface area (TPSA) is 120 Å². The van der Waals surface area contributed by atoms with Crippen LogP contribution in [0.2, 0.25) is 0 Å². The van der Waals surface area contributed by atoms with E-state index in [4.69, 9.17) is 9.47 Å². The maximum atomic E-state index is 12.3. The van der Waals surface area contributed by atoms with Crippen LogP contribution < -0.4 is 10.6 Å². The number of carbonyl (C=O) groups is 4. The van der Waals surface area contributed by atoms with Crippen molar-refractivity contribution in [2.75, 3.05) is 31.0 Å². The Kier molecular flexibility index (Phi) is 6.43. The van der Waals surface area contributed by atoms with Gasteiger partial charge in [-0.25, -0.2) is 9.59 Å². The van der Waals surface area contributed by atoms with Gasteiger partial charge in [-0.2, -0.15) is 0 Å². The van der Waals surface area contributed by atoms with E-state index in [-0.39, 0.29) is 18.1 Å². The van der Waals surface area contributed by atoms with Gasteiger partial charge in [0, 0.05) is 11.4 Å². The number of amides is 1. The fraction of sp³-hybridized carbons (Fsp3) is 0.143. The van der Waals surface area contributed by atoms with Gasteiger partial charge < -0.3 is 24.8 Å². The van der Waals surface area contributed by atoms with Gasteiger partial charge >= 0.3 is 11.9 Å². The van der Waals surface area contributed by atoms with Crippen molar-refractivity contribution in [3.8, 4) is 0 Å². The van der Waals surface area contributed by atoms with Crippen LogP contribution in [-0.2, 0) is 28.6 Å². The number of hydrogen-bond acceptors (Lipinski definition) is 8. The Morgan fingerprint density at radius 1 is 0.967 bits per heavy atom. The Labute approximate surface area is 171 Å². The molecule has 0 saturated heterocycles. The molecule has 0 radical (unpaired) electrons. The molecule has 0 aliphatic carbocycles. The number of ether oxygens (including phenoxy) is 3. The van der Waals surface area contributed by atoms with Crippen molar-refractivity contribution in [1.29, 1.82) is 0 Å². The molecule has 1 amide bonds. The molecule has 0 bridgehead atoms. The quantitative estimate of drug-likeness (QED) is 0.524. The van der Waals surface area contributed by atoms with Crippen molar-refractivity contribution in [1.82, 2.24) is 0 Å². The predicted octanol–water partition coefficient (Wildman–Crippen LogP) is 1.88. The first kappa shape index (κ1) is 20.6. The predicted molar refractivity (Wildman–Crippen MR) is 105 cm³/mol. The zero-order chi connectivity index (χ0) is 21.5. The Morgan fingerprint density at radius 2 is 1.67 bits per heavy atom. The molecular weight excluding hydrogens is 392 g/mol. The lowest BCUT2D eigenvalue weighted by Gasteiger charge is -2.09. The average Bonchev–Trinajstić information content (AvgIpc) is 3.12. The minimum absolute atomic E-state index is 0.0185. The van der Waals surface area contributed by atoms with Gasteiger partial charge in [0.25, 0.3) is 5.91 Å². The van der Waals surface area contributed by atoms with E-state index in [1.165, 1.54) is 31.4 Å². The highest BCUT2D eigenvalue weighted by Gasteiger charge is 2.32. The maximum absolute atomic E-state index is 12.3. The van der Waals surface area contributed by atoms with Gasteiger partial charge in [-0.15, -0.1) is 0 Å². The second-order valence-electron chi connectivity index (χ2n) is 6.10. The zero-order valence-electron chi connectivity index (χ0n) is 16.0. The van der Waals surface area contributed by atoms with Crippen LogP contribution in [0.1, 0.15) is 10.4 Å².